The molecule has 0 saturated carbocycles. The molecule has 0 amide bonds. The van der Waals surface area contributed by atoms with Gasteiger partial charge in [-0.3, -0.25) is 9.69 Å². The Morgan fingerprint density at radius 3 is 2.85 bits per heavy atom. The van der Waals surface area contributed by atoms with E-state index < -0.39 is 0 Å². The van der Waals surface area contributed by atoms with Gasteiger partial charge in [-0.05, 0) is 25.7 Å². The molecule has 2 fully saturated rings. The molecule has 2 aliphatic heterocycles. The van der Waals surface area contributed by atoms with E-state index in [0.717, 1.165) is 31.4 Å². The van der Waals surface area contributed by atoms with Crippen molar-refractivity contribution >= 4 is 16.3 Å². The van der Waals surface area contributed by atoms with E-state index in [1.165, 1.54) is 15.9 Å². The third-order valence-corrected chi connectivity index (χ3v) is 5.12. The van der Waals surface area contributed by atoms with Crippen LogP contribution in [0.3, 0.4) is 0 Å². The number of hydrogen-bond acceptors (Lipinski definition) is 6. The maximum Gasteiger partial charge on any atom is 0.275 e. The van der Waals surface area contributed by atoms with Crippen LogP contribution in [0.1, 0.15) is 31.4 Å². The second-order valence-corrected chi connectivity index (χ2v) is 6.51. The van der Waals surface area contributed by atoms with Crippen molar-refractivity contribution in [2.24, 2.45) is 0 Å². The maximum atomic E-state index is 11.9. The second-order valence-electron chi connectivity index (χ2n) is 5.70. The molecule has 1 N–H and O–H groups in total. The highest BCUT2D eigenvalue weighted by Gasteiger charge is 2.40. The summed E-state index contributed by atoms with van der Waals surface area (Å²) in [7, 11) is 0. The molecule has 7 heteroatoms. The molecule has 2 bridgehead atoms. The SMILES string of the molecule is O=c1cc(CN2C3CCC2CC(O)C3)nc2scnn12. The first-order valence-corrected chi connectivity index (χ1v) is 7.85. The summed E-state index contributed by atoms with van der Waals surface area (Å²) in [5.74, 6) is 0. The fraction of sp³-hybridized carbons (Fsp3) is 0.615. The van der Waals surface area contributed by atoms with E-state index in [1.54, 1.807) is 11.6 Å². The van der Waals surface area contributed by atoms with Gasteiger partial charge in [-0.25, -0.2) is 4.98 Å². The molecule has 2 atom stereocenters. The summed E-state index contributed by atoms with van der Waals surface area (Å²) in [6.07, 6.45) is 3.81. The summed E-state index contributed by atoms with van der Waals surface area (Å²) in [5, 5.41) is 13.8. The molecular formula is C13H16N4O2S. The fourth-order valence-corrected chi connectivity index (χ4v) is 4.22. The molecule has 2 saturated heterocycles. The van der Waals surface area contributed by atoms with Crippen molar-refractivity contribution in [3.05, 3.63) is 27.6 Å². The van der Waals surface area contributed by atoms with E-state index in [4.69, 9.17) is 0 Å². The van der Waals surface area contributed by atoms with Crippen LogP contribution in [0.2, 0.25) is 0 Å². The molecule has 2 aliphatic rings. The van der Waals surface area contributed by atoms with Gasteiger partial charge in [0.1, 0.15) is 5.51 Å². The summed E-state index contributed by atoms with van der Waals surface area (Å²) in [5.41, 5.74) is 2.33. The third kappa shape index (κ3) is 1.97. The molecule has 106 valence electrons. The molecule has 0 spiro atoms. The van der Waals surface area contributed by atoms with Crippen LogP contribution >= 0.6 is 11.3 Å². The van der Waals surface area contributed by atoms with E-state index >= 15 is 0 Å². The van der Waals surface area contributed by atoms with Gasteiger partial charge >= 0.3 is 0 Å². The average Bonchev–Trinajstić information content (AvgIpc) is 2.95. The Balaban J connectivity index is 1.63. The zero-order valence-electron chi connectivity index (χ0n) is 11.0. The molecule has 2 aromatic heterocycles. The van der Waals surface area contributed by atoms with Gasteiger partial charge in [0.05, 0.1) is 11.8 Å². The Morgan fingerprint density at radius 1 is 1.35 bits per heavy atom. The van der Waals surface area contributed by atoms with E-state index in [1.807, 2.05) is 0 Å². The van der Waals surface area contributed by atoms with Crippen LogP contribution < -0.4 is 5.56 Å². The average molecular weight is 292 g/mol. The van der Waals surface area contributed by atoms with Crippen molar-refractivity contribution in [1.29, 1.82) is 0 Å². The Morgan fingerprint density at radius 2 is 2.10 bits per heavy atom. The van der Waals surface area contributed by atoms with Gasteiger partial charge in [0.2, 0.25) is 4.96 Å². The topological polar surface area (TPSA) is 70.7 Å². The Bertz CT molecular complexity index is 683. The van der Waals surface area contributed by atoms with Gasteiger partial charge in [0.15, 0.2) is 0 Å². The molecule has 2 unspecified atom stereocenters. The van der Waals surface area contributed by atoms with Gasteiger partial charge in [-0.2, -0.15) is 9.61 Å². The van der Waals surface area contributed by atoms with Crippen LogP contribution in [-0.2, 0) is 6.54 Å². The Hall–Kier alpha value is -1.31. The summed E-state index contributed by atoms with van der Waals surface area (Å²) < 4.78 is 1.34. The first-order valence-electron chi connectivity index (χ1n) is 6.97. The Labute approximate surface area is 119 Å². The number of aromatic nitrogens is 3. The van der Waals surface area contributed by atoms with Gasteiger partial charge in [0.25, 0.3) is 5.56 Å². The molecule has 2 aromatic rings. The van der Waals surface area contributed by atoms with Crippen LogP contribution in [0, 0.1) is 0 Å². The van der Waals surface area contributed by atoms with Crippen molar-refractivity contribution in [3.8, 4) is 0 Å². The van der Waals surface area contributed by atoms with Gasteiger partial charge in [0, 0.05) is 24.7 Å². The predicted molar refractivity (Wildman–Crippen MR) is 74.7 cm³/mol. The second kappa shape index (κ2) is 4.61. The van der Waals surface area contributed by atoms with Crippen molar-refractivity contribution in [1.82, 2.24) is 19.5 Å². The van der Waals surface area contributed by atoms with E-state index in [2.05, 4.69) is 15.0 Å². The van der Waals surface area contributed by atoms with Crippen LogP contribution in [0.5, 0.6) is 0 Å². The summed E-state index contributed by atoms with van der Waals surface area (Å²) in [6.45, 7) is 0.700. The first-order chi connectivity index (χ1) is 9.70. The highest BCUT2D eigenvalue weighted by Crippen LogP contribution is 2.36. The van der Waals surface area contributed by atoms with Crippen LogP contribution in [0.4, 0.5) is 0 Å². The maximum absolute atomic E-state index is 11.9. The summed E-state index contributed by atoms with van der Waals surface area (Å²) >= 11 is 1.38. The highest BCUT2D eigenvalue weighted by molar-refractivity contribution is 7.14. The number of nitrogens with zero attached hydrogens (tertiary/aromatic N) is 4. The minimum atomic E-state index is -0.161. The minimum absolute atomic E-state index is 0.115. The lowest BCUT2D eigenvalue weighted by atomic mass is 10.00. The van der Waals surface area contributed by atoms with E-state index in [0.29, 0.717) is 23.6 Å². The number of hydrogen-bond donors (Lipinski definition) is 1. The molecule has 0 aliphatic carbocycles. The first kappa shape index (κ1) is 12.4. The van der Waals surface area contributed by atoms with Gasteiger partial charge in [-0.1, -0.05) is 11.3 Å². The number of piperidine rings is 1. The minimum Gasteiger partial charge on any atom is -0.393 e. The highest BCUT2D eigenvalue weighted by atomic mass is 32.1. The lowest BCUT2D eigenvalue weighted by Gasteiger charge is -2.36. The largest absolute Gasteiger partial charge is 0.393 e. The summed E-state index contributed by atoms with van der Waals surface area (Å²) in [6, 6.07) is 2.45. The molecule has 4 heterocycles. The number of aliphatic hydroxyl groups excluding tert-OH is 1. The Kier molecular flexibility index (Phi) is 2.87. The molecule has 6 nitrogen and oxygen atoms in total. The van der Waals surface area contributed by atoms with Crippen LogP contribution in [0.25, 0.3) is 4.96 Å². The molecular weight excluding hydrogens is 276 g/mol. The van der Waals surface area contributed by atoms with Crippen molar-refractivity contribution in [2.75, 3.05) is 0 Å². The van der Waals surface area contributed by atoms with Crippen LogP contribution in [-0.4, -0.2) is 42.8 Å². The number of fused-ring (bicyclic) bond motifs is 3. The zero-order valence-corrected chi connectivity index (χ0v) is 11.8. The van der Waals surface area contributed by atoms with Crippen molar-refractivity contribution in [2.45, 2.75) is 50.4 Å². The number of aliphatic hydroxyl groups is 1. The summed E-state index contributed by atoms with van der Waals surface area (Å²) in [4.78, 5) is 19.5. The fourth-order valence-electron chi connectivity index (χ4n) is 3.57. The molecule has 4 rings (SSSR count). The monoisotopic (exact) mass is 292 g/mol. The molecule has 0 aromatic carbocycles. The van der Waals surface area contributed by atoms with Crippen molar-refractivity contribution < 1.29 is 5.11 Å². The quantitative estimate of drug-likeness (QED) is 0.879. The molecule has 0 radical (unpaired) electrons. The normalized spacial score (nSPS) is 30.1. The van der Waals surface area contributed by atoms with Crippen LogP contribution in [0.15, 0.2) is 16.4 Å². The van der Waals surface area contributed by atoms with Gasteiger partial charge in [-0.15, -0.1) is 0 Å². The lowest BCUT2D eigenvalue weighted by molar-refractivity contribution is 0.0304. The number of rotatable bonds is 2. The predicted octanol–water partition coefficient (Wildman–Crippen LogP) is 0.639. The smallest absolute Gasteiger partial charge is 0.275 e. The van der Waals surface area contributed by atoms with E-state index in [9.17, 15) is 9.90 Å². The van der Waals surface area contributed by atoms with E-state index in [-0.39, 0.29) is 11.7 Å². The lowest BCUT2D eigenvalue weighted by Crippen LogP contribution is -2.44. The third-order valence-electron chi connectivity index (χ3n) is 4.44. The molecule has 20 heavy (non-hydrogen) atoms. The zero-order chi connectivity index (χ0) is 13.7. The van der Waals surface area contributed by atoms with Crippen molar-refractivity contribution in [3.63, 3.8) is 0 Å². The standard InChI is InChI=1S/C13H16N4O2S/c18-11-4-9-1-2-10(5-11)16(9)6-8-3-12(19)17-13(15-8)20-7-14-17/h3,7,9-11,18H,1-2,4-6H2. The van der Waals surface area contributed by atoms with Gasteiger partial charge < -0.3 is 5.11 Å².